The van der Waals surface area contributed by atoms with Gasteiger partial charge in [-0.25, -0.2) is 13.8 Å². The fraction of sp³-hybridized carbons (Fsp3) is 0.250. The smallest absolute Gasteiger partial charge is 0.265 e. The van der Waals surface area contributed by atoms with Crippen LogP contribution in [0.1, 0.15) is 17.6 Å². The van der Waals surface area contributed by atoms with E-state index in [1.807, 2.05) is 0 Å². The Balaban J connectivity index is 3.31. The molecule has 1 heterocycles. The first kappa shape index (κ1) is 10.9. The molecule has 0 saturated carbocycles. The highest BCUT2D eigenvalue weighted by molar-refractivity contribution is 9.10. The van der Waals surface area contributed by atoms with Gasteiger partial charge in [0.05, 0.1) is 12.5 Å². The lowest BCUT2D eigenvalue weighted by Gasteiger charge is -2.08. The number of nitriles is 1. The molecule has 0 aromatic carbocycles. The van der Waals surface area contributed by atoms with Crippen LogP contribution in [0.3, 0.4) is 0 Å². The van der Waals surface area contributed by atoms with E-state index in [9.17, 15) is 13.9 Å². The molecule has 0 saturated heterocycles. The summed E-state index contributed by atoms with van der Waals surface area (Å²) in [6, 6.07) is 1.71. The number of aromatic nitrogens is 1. The predicted molar refractivity (Wildman–Crippen MR) is 47.9 cm³/mol. The molecule has 0 aliphatic rings. The van der Waals surface area contributed by atoms with Crippen LogP contribution in [0.5, 0.6) is 5.75 Å². The van der Waals surface area contributed by atoms with Crippen molar-refractivity contribution in [3.05, 3.63) is 21.9 Å². The van der Waals surface area contributed by atoms with Gasteiger partial charge in [0.25, 0.3) is 6.43 Å². The zero-order valence-corrected chi connectivity index (χ0v) is 8.42. The third kappa shape index (κ3) is 1.99. The summed E-state index contributed by atoms with van der Waals surface area (Å²) in [7, 11) is 0. The van der Waals surface area contributed by atoms with Gasteiger partial charge in [-0.2, -0.15) is 5.26 Å². The first-order chi connectivity index (χ1) is 6.57. The van der Waals surface area contributed by atoms with E-state index in [0.29, 0.717) is 0 Å². The summed E-state index contributed by atoms with van der Waals surface area (Å²) in [6.07, 6.45) is -2.07. The lowest BCUT2D eigenvalue weighted by molar-refractivity contribution is 0.149. The molecule has 0 aliphatic carbocycles. The number of pyridine rings is 1. The summed E-state index contributed by atoms with van der Waals surface area (Å²) >= 11 is 2.88. The second-order valence-electron chi connectivity index (χ2n) is 2.47. The fourth-order valence-corrected chi connectivity index (χ4v) is 1.32. The molecule has 0 atom stereocenters. The van der Waals surface area contributed by atoms with Crippen LogP contribution >= 0.6 is 15.9 Å². The number of aromatic hydroxyl groups is 1. The van der Waals surface area contributed by atoms with Gasteiger partial charge in [0.2, 0.25) is 0 Å². The summed E-state index contributed by atoms with van der Waals surface area (Å²) in [4.78, 5) is 3.52. The van der Waals surface area contributed by atoms with Crippen LogP contribution in [0.15, 0.2) is 10.8 Å². The Morgan fingerprint density at radius 1 is 1.64 bits per heavy atom. The highest BCUT2D eigenvalue weighted by atomic mass is 79.9. The van der Waals surface area contributed by atoms with Crippen LogP contribution < -0.4 is 0 Å². The number of rotatable bonds is 2. The van der Waals surface area contributed by atoms with Gasteiger partial charge in [-0.1, -0.05) is 0 Å². The minimum atomic E-state index is -2.75. The topological polar surface area (TPSA) is 56.9 Å². The first-order valence-electron chi connectivity index (χ1n) is 3.59. The van der Waals surface area contributed by atoms with Gasteiger partial charge in [0, 0.05) is 17.3 Å². The molecule has 74 valence electrons. The maximum atomic E-state index is 12.4. The number of hydrogen-bond donors (Lipinski definition) is 1. The Morgan fingerprint density at radius 2 is 2.29 bits per heavy atom. The maximum absolute atomic E-state index is 12.4. The summed E-state index contributed by atoms with van der Waals surface area (Å²) in [5.74, 6) is -0.399. The van der Waals surface area contributed by atoms with E-state index in [4.69, 9.17) is 5.26 Å². The Hall–Kier alpha value is -1.22. The average molecular weight is 263 g/mol. The minimum absolute atomic E-state index is 0.0622. The third-order valence-electron chi connectivity index (χ3n) is 1.64. The van der Waals surface area contributed by atoms with Crippen molar-refractivity contribution in [1.29, 1.82) is 5.26 Å². The molecule has 0 fully saturated rings. The molecule has 1 N–H and O–H groups in total. The van der Waals surface area contributed by atoms with Crippen LogP contribution in [0.25, 0.3) is 0 Å². The Bertz CT molecular complexity index is 390. The molecule has 1 aromatic rings. The van der Waals surface area contributed by atoms with Crippen molar-refractivity contribution in [2.75, 3.05) is 0 Å². The van der Waals surface area contributed by atoms with Gasteiger partial charge in [-0.05, 0) is 15.9 Å². The molecule has 0 bridgehead atoms. The van der Waals surface area contributed by atoms with Crippen molar-refractivity contribution in [1.82, 2.24) is 4.98 Å². The Morgan fingerprint density at radius 3 is 2.79 bits per heavy atom. The Labute approximate surface area is 87.1 Å². The SMILES string of the molecule is N#CCc1c(C(F)F)cnc(Br)c1O. The van der Waals surface area contributed by atoms with Crippen molar-refractivity contribution in [3.63, 3.8) is 0 Å². The van der Waals surface area contributed by atoms with Crippen LogP contribution in [-0.2, 0) is 6.42 Å². The zero-order chi connectivity index (χ0) is 10.7. The summed E-state index contributed by atoms with van der Waals surface area (Å²) in [5, 5.41) is 17.8. The van der Waals surface area contributed by atoms with Gasteiger partial charge in [0.15, 0.2) is 5.75 Å². The molecular formula is C8H5BrF2N2O. The van der Waals surface area contributed by atoms with Crippen molar-refractivity contribution in [2.24, 2.45) is 0 Å². The van der Waals surface area contributed by atoms with Gasteiger partial charge >= 0.3 is 0 Å². The van der Waals surface area contributed by atoms with Gasteiger partial charge < -0.3 is 5.11 Å². The minimum Gasteiger partial charge on any atom is -0.505 e. The quantitative estimate of drug-likeness (QED) is 0.834. The van der Waals surface area contributed by atoms with Crippen LogP contribution in [0.2, 0.25) is 0 Å². The Kier molecular flexibility index (Phi) is 3.36. The van der Waals surface area contributed by atoms with E-state index in [-0.39, 0.29) is 16.6 Å². The molecule has 3 nitrogen and oxygen atoms in total. The van der Waals surface area contributed by atoms with E-state index < -0.39 is 17.7 Å². The lowest BCUT2D eigenvalue weighted by atomic mass is 10.1. The number of alkyl halides is 2. The second-order valence-corrected chi connectivity index (χ2v) is 3.22. The molecule has 6 heteroatoms. The summed E-state index contributed by atoms with van der Waals surface area (Å²) < 4.78 is 24.8. The van der Waals surface area contributed by atoms with E-state index >= 15 is 0 Å². The van der Waals surface area contributed by atoms with Gasteiger partial charge in [-0.3, -0.25) is 0 Å². The average Bonchev–Trinajstić information content (AvgIpc) is 2.13. The number of halogens is 3. The van der Waals surface area contributed by atoms with E-state index in [2.05, 4.69) is 20.9 Å². The first-order valence-corrected chi connectivity index (χ1v) is 4.38. The molecule has 0 spiro atoms. The normalized spacial score (nSPS) is 10.2. The molecule has 0 radical (unpaired) electrons. The fourth-order valence-electron chi connectivity index (χ4n) is 0.979. The molecule has 14 heavy (non-hydrogen) atoms. The third-order valence-corrected chi connectivity index (χ3v) is 2.22. The van der Waals surface area contributed by atoms with Gasteiger partial charge in [-0.15, -0.1) is 0 Å². The van der Waals surface area contributed by atoms with E-state index in [1.165, 1.54) is 0 Å². The maximum Gasteiger partial charge on any atom is 0.265 e. The molecule has 1 rings (SSSR count). The molecule has 0 unspecified atom stereocenters. The molecule has 0 amide bonds. The lowest BCUT2D eigenvalue weighted by Crippen LogP contribution is -1.97. The predicted octanol–water partition coefficient (Wildman–Crippen LogP) is 2.55. The standard InChI is InChI=1S/C8H5BrF2N2O/c9-7-6(14)4(1-2-12)5(3-13-7)8(10)11/h3,8,14H,1H2. The molecular weight excluding hydrogens is 258 g/mol. The van der Waals surface area contributed by atoms with Crippen molar-refractivity contribution in [3.8, 4) is 11.8 Å². The van der Waals surface area contributed by atoms with Crippen molar-refractivity contribution in [2.45, 2.75) is 12.8 Å². The van der Waals surface area contributed by atoms with Crippen molar-refractivity contribution >= 4 is 15.9 Å². The highest BCUT2D eigenvalue weighted by Gasteiger charge is 2.18. The van der Waals surface area contributed by atoms with Crippen LogP contribution in [0, 0.1) is 11.3 Å². The van der Waals surface area contributed by atoms with Crippen LogP contribution in [-0.4, -0.2) is 10.1 Å². The largest absolute Gasteiger partial charge is 0.505 e. The summed E-state index contributed by atoms with van der Waals surface area (Å²) in [5.41, 5.74) is -0.489. The van der Waals surface area contributed by atoms with E-state index in [0.717, 1.165) is 6.20 Å². The second kappa shape index (κ2) is 4.33. The van der Waals surface area contributed by atoms with E-state index in [1.54, 1.807) is 6.07 Å². The molecule has 0 aliphatic heterocycles. The van der Waals surface area contributed by atoms with Crippen LogP contribution in [0.4, 0.5) is 8.78 Å². The zero-order valence-electron chi connectivity index (χ0n) is 6.84. The monoisotopic (exact) mass is 262 g/mol. The highest BCUT2D eigenvalue weighted by Crippen LogP contribution is 2.33. The summed E-state index contributed by atoms with van der Waals surface area (Å²) in [6.45, 7) is 0. The number of nitrogens with zero attached hydrogens (tertiary/aromatic N) is 2. The molecule has 1 aromatic heterocycles. The van der Waals surface area contributed by atoms with Crippen molar-refractivity contribution < 1.29 is 13.9 Å². The van der Waals surface area contributed by atoms with Gasteiger partial charge in [0.1, 0.15) is 4.60 Å². The number of hydrogen-bond acceptors (Lipinski definition) is 3.